The summed E-state index contributed by atoms with van der Waals surface area (Å²) in [5.41, 5.74) is 6.82. The van der Waals surface area contributed by atoms with E-state index in [4.69, 9.17) is 20.6 Å². The highest BCUT2D eigenvalue weighted by Crippen LogP contribution is 2.25. The number of ether oxygens (including phenoxy) is 2. The van der Waals surface area contributed by atoms with Gasteiger partial charge in [0.2, 0.25) is 15.9 Å². The van der Waals surface area contributed by atoms with Gasteiger partial charge >= 0.3 is 5.97 Å². The van der Waals surface area contributed by atoms with Crippen LogP contribution in [0.2, 0.25) is 0 Å². The second-order valence-corrected chi connectivity index (χ2v) is 11.0. The number of nitrogens with two attached hydrogens (primary N) is 1. The van der Waals surface area contributed by atoms with Crippen molar-refractivity contribution in [1.82, 2.24) is 9.62 Å². The van der Waals surface area contributed by atoms with Gasteiger partial charge in [-0.05, 0) is 60.4 Å². The second-order valence-electron chi connectivity index (χ2n) is 9.31. The molecule has 39 heavy (non-hydrogen) atoms. The quantitative estimate of drug-likeness (QED) is 0.199. The SMILES string of the molecule is CCOC(=O)C(Cc1ccc(C(=N)N)cc1)N1CCCC(NS(=O)(=O)c2ccc3ccc(OC)cc3c2)C1=O. The van der Waals surface area contributed by atoms with Gasteiger partial charge in [-0.25, -0.2) is 13.2 Å². The number of likely N-dealkylation sites (tertiary alicyclic amines) is 1. The average Bonchev–Trinajstić information content (AvgIpc) is 2.92. The van der Waals surface area contributed by atoms with Gasteiger partial charge in [-0.1, -0.05) is 36.4 Å². The molecular weight excluding hydrogens is 520 g/mol. The Balaban J connectivity index is 1.56. The molecule has 0 radical (unpaired) electrons. The number of carbonyl (C=O) groups is 2. The van der Waals surface area contributed by atoms with Crippen LogP contribution in [0.5, 0.6) is 5.75 Å². The summed E-state index contributed by atoms with van der Waals surface area (Å²) in [5, 5.41) is 9.10. The van der Waals surface area contributed by atoms with Gasteiger partial charge in [-0.2, -0.15) is 4.72 Å². The van der Waals surface area contributed by atoms with Gasteiger partial charge in [0, 0.05) is 18.5 Å². The molecule has 1 heterocycles. The highest BCUT2D eigenvalue weighted by molar-refractivity contribution is 7.89. The van der Waals surface area contributed by atoms with E-state index < -0.39 is 34.0 Å². The van der Waals surface area contributed by atoms with Gasteiger partial charge in [-0.15, -0.1) is 0 Å². The van der Waals surface area contributed by atoms with Crippen LogP contribution in [0.4, 0.5) is 0 Å². The zero-order valence-electron chi connectivity index (χ0n) is 21.8. The number of carbonyl (C=O) groups excluding carboxylic acids is 2. The smallest absolute Gasteiger partial charge is 0.329 e. The minimum Gasteiger partial charge on any atom is -0.497 e. The standard InChI is InChI=1S/C28H32N4O6S/c1-3-38-28(34)25(15-18-6-8-20(9-7-18)26(29)30)32-14-4-5-24(27(32)33)31-39(35,36)23-13-11-19-10-12-22(37-2)16-21(19)17-23/h6-13,16-17,24-25,31H,3-5,14-15H2,1-2H3,(H3,29,30). The molecule has 10 nitrogen and oxygen atoms in total. The average molecular weight is 553 g/mol. The van der Waals surface area contributed by atoms with Crippen molar-refractivity contribution in [2.75, 3.05) is 20.3 Å². The molecule has 3 aromatic rings. The third-order valence-electron chi connectivity index (χ3n) is 6.73. The lowest BCUT2D eigenvalue weighted by Crippen LogP contribution is -2.57. The molecule has 1 saturated heterocycles. The summed E-state index contributed by atoms with van der Waals surface area (Å²) in [6.07, 6.45) is 0.987. The van der Waals surface area contributed by atoms with Gasteiger partial charge in [0.15, 0.2) is 0 Å². The van der Waals surface area contributed by atoms with Crippen molar-refractivity contribution < 1.29 is 27.5 Å². The first-order valence-corrected chi connectivity index (χ1v) is 14.1. The molecule has 2 unspecified atom stereocenters. The monoisotopic (exact) mass is 552 g/mol. The highest BCUT2D eigenvalue weighted by atomic mass is 32.2. The summed E-state index contributed by atoms with van der Waals surface area (Å²) in [6, 6.07) is 15.0. The minimum atomic E-state index is -4.04. The number of fused-ring (bicyclic) bond motifs is 1. The molecule has 11 heteroatoms. The van der Waals surface area contributed by atoms with E-state index in [1.165, 1.54) is 24.1 Å². The number of amides is 1. The lowest BCUT2D eigenvalue weighted by Gasteiger charge is -2.37. The fraction of sp³-hybridized carbons (Fsp3) is 0.321. The van der Waals surface area contributed by atoms with Crippen LogP contribution >= 0.6 is 0 Å². The Bertz CT molecular complexity index is 1490. The maximum absolute atomic E-state index is 13.5. The molecule has 0 bridgehead atoms. The van der Waals surface area contributed by atoms with Gasteiger partial charge in [0.25, 0.3) is 0 Å². The van der Waals surface area contributed by atoms with Crippen LogP contribution in [0.3, 0.4) is 0 Å². The molecule has 0 aliphatic carbocycles. The third-order valence-corrected chi connectivity index (χ3v) is 8.20. The first kappa shape index (κ1) is 28.1. The summed E-state index contributed by atoms with van der Waals surface area (Å²) in [4.78, 5) is 27.9. The summed E-state index contributed by atoms with van der Waals surface area (Å²) >= 11 is 0. The maximum atomic E-state index is 13.5. The van der Waals surface area contributed by atoms with Gasteiger partial charge in [0.1, 0.15) is 23.7 Å². The Morgan fingerprint density at radius 2 is 1.85 bits per heavy atom. The van der Waals surface area contributed by atoms with Crippen molar-refractivity contribution in [3.8, 4) is 5.75 Å². The molecule has 1 fully saturated rings. The molecule has 1 aliphatic rings. The summed E-state index contributed by atoms with van der Waals surface area (Å²) < 4.78 is 39.7. The number of nitrogens with one attached hydrogen (secondary N) is 2. The van der Waals surface area contributed by atoms with E-state index in [0.29, 0.717) is 36.1 Å². The van der Waals surface area contributed by atoms with Crippen molar-refractivity contribution in [1.29, 1.82) is 5.41 Å². The number of esters is 1. The first-order chi connectivity index (χ1) is 18.6. The molecule has 4 N–H and O–H groups in total. The lowest BCUT2D eigenvalue weighted by molar-refractivity contribution is -0.156. The molecule has 0 aromatic heterocycles. The van der Waals surface area contributed by atoms with Crippen molar-refractivity contribution in [2.45, 2.75) is 43.2 Å². The Hall–Kier alpha value is -3.96. The van der Waals surface area contributed by atoms with E-state index >= 15 is 0 Å². The zero-order valence-corrected chi connectivity index (χ0v) is 22.7. The van der Waals surface area contributed by atoms with Crippen molar-refractivity contribution >= 4 is 38.5 Å². The number of nitrogens with zero attached hydrogens (tertiary/aromatic N) is 1. The molecule has 0 spiro atoms. The molecule has 206 valence electrons. The van der Waals surface area contributed by atoms with Crippen molar-refractivity contribution in [2.24, 2.45) is 5.73 Å². The Kier molecular flexibility index (Phi) is 8.51. The van der Waals surface area contributed by atoms with E-state index in [2.05, 4.69) is 4.72 Å². The predicted octanol–water partition coefficient (Wildman–Crippen LogP) is 2.58. The fourth-order valence-electron chi connectivity index (χ4n) is 4.67. The first-order valence-electron chi connectivity index (χ1n) is 12.6. The number of amidine groups is 1. The van der Waals surface area contributed by atoms with E-state index in [1.54, 1.807) is 49.4 Å². The molecule has 1 amide bonds. The second kappa shape index (κ2) is 11.8. The number of hydrogen-bond donors (Lipinski definition) is 3. The Labute approximate surface area is 227 Å². The van der Waals surface area contributed by atoms with Gasteiger partial charge in [-0.3, -0.25) is 10.2 Å². The fourth-order valence-corrected chi connectivity index (χ4v) is 5.93. The van der Waals surface area contributed by atoms with E-state index in [0.717, 1.165) is 10.9 Å². The number of sulfonamides is 1. The molecule has 4 rings (SSSR count). The number of hydrogen-bond acceptors (Lipinski definition) is 7. The van der Waals surface area contributed by atoms with Gasteiger partial charge in [0.05, 0.1) is 18.6 Å². The van der Waals surface area contributed by atoms with Crippen molar-refractivity contribution in [3.05, 3.63) is 71.8 Å². The van der Waals surface area contributed by atoms with E-state index in [1.807, 2.05) is 6.07 Å². The van der Waals surface area contributed by atoms with Crippen LogP contribution in [-0.2, 0) is 30.8 Å². The largest absolute Gasteiger partial charge is 0.497 e. The molecule has 2 atom stereocenters. The number of rotatable bonds is 10. The van der Waals surface area contributed by atoms with Crippen LogP contribution in [-0.4, -0.2) is 63.4 Å². The van der Waals surface area contributed by atoms with Crippen LogP contribution in [0.15, 0.2) is 65.6 Å². The number of piperidine rings is 1. The number of nitrogen functional groups attached to an aromatic ring is 1. The lowest BCUT2D eigenvalue weighted by atomic mass is 9.98. The maximum Gasteiger partial charge on any atom is 0.329 e. The summed E-state index contributed by atoms with van der Waals surface area (Å²) in [6.45, 7) is 2.12. The number of benzene rings is 3. The zero-order chi connectivity index (χ0) is 28.2. The van der Waals surface area contributed by atoms with Crippen molar-refractivity contribution in [3.63, 3.8) is 0 Å². The molecular formula is C28H32N4O6S. The topological polar surface area (TPSA) is 152 Å². The number of methoxy groups -OCH3 is 1. The highest BCUT2D eigenvalue weighted by Gasteiger charge is 2.39. The molecule has 0 saturated carbocycles. The van der Waals surface area contributed by atoms with E-state index in [-0.39, 0.29) is 23.8 Å². The van der Waals surface area contributed by atoms with Crippen LogP contribution in [0, 0.1) is 5.41 Å². The molecule has 1 aliphatic heterocycles. The van der Waals surface area contributed by atoms with Crippen LogP contribution < -0.4 is 15.2 Å². The Morgan fingerprint density at radius 1 is 1.13 bits per heavy atom. The summed E-state index contributed by atoms with van der Waals surface area (Å²) in [7, 11) is -2.51. The minimum absolute atomic E-state index is 0.0284. The Morgan fingerprint density at radius 3 is 2.51 bits per heavy atom. The molecule has 3 aromatic carbocycles. The van der Waals surface area contributed by atoms with Crippen LogP contribution in [0.25, 0.3) is 10.8 Å². The van der Waals surface area contributed by atoms with Crippen LogP contribution in [0.1, 0.15) is 30.9 Å². The van der Waals surface area contributed by atoms with Gasteiger partial charge < -0.3 is 20.1 Å². The van der Waals surface area contributed by atoms with E-state index in [9.17, 15) is 18.0 Å². The normalized spacial score (nSPS) is 16.6. The third kappa shape index (κ3) is 6.37. The predicted molar refractivity (Wildman–Crippen MR) is 147 cm³/mol. The summed E-state index contributed by atoms with van der Waals surface area (Å²) in [5.74, 6) is -0.515.